The third kappa shape index (κ3) is 9.04. The third-order valence-corrected chi connectivity index (χ3v) is 7.51. The van der Waals surface area contributed by atoms with Gasteiger partial charge in [0.25, 0.3) is 0 Å². The summed E-state index contributed by atoms with van der Waals surface area (Å²) in [5.41, 5.74) is 3.10. The molecule has 3 aromatic carbocycles. The van der Waals surface area contributed by atoms with Crippen LogP contribution in [0.25, 0.3) is 0 Å². The number of aryl methyl sites for hydroxylation is 1. The number of hydrogen-bond acceptors (Lipinski definition) is 5. The molecule has 5 heteroatoms. The van der Waals surface area contributed by atoms with E-state index in [2.05, 4.69) is 13.0 Å². The molecule has 40 heavy (non-hydrogen) atoms. The first kappa shape index (κ1) is 29.5. The molecule has 1 aliphatic rings. The largest absolute Gasteiger partial charge is 0.497 e. The highest BCUT2D eigenvalue weighted by molar-refractivity contribution is 5.73. The van der Waals surface area contributed by atoms with Gasteiger partial charge in [0.05, 0.1) is 7.11 Å². The number of rotatable bonds is 16. The van der Waals surface area contributed by atoms with E-state index in [4.69, 9.17) is 18.9 Å². The predicted octanol–water partition coefficient (Wildman–Crippen LogP) is 9.17. The summed E-state index contributed by atoms with van der Waals surface area (Å²) in [6.07, 6.45) is 12.7. The number of unbranched alkanes of at least 4 members (excludes halogenated alkanes) is 8. The number of carbonyl (C=O) groups excluding carboxylic acids is 1. The molecule has 0 saturated carbocycles. The number of hydrogen-bond donors (Lipinski definition) is 0. The van der Waals surface area contributed by atoms with Gasteiger partial charge < -0.3 is 18.9 Å². The summed E-state index contributed by atoms with van der Waals surface area (Å²) < 4.78 is 23.8. The predicted molar refractivity (Wildman–Crippen MR) is 159 cm³/mol. The molecule has 0 N–H and O–H groups in total. The maximum absolute atomic E-state index is 12.9. The molecule has 0 aliphatic carbocycles. The second-order valence-electron chi connectivity index (χ2n) is 10.6. The van der Waals surface area contributed by atoms with Crippen molar-refractivity contribution in [2.75, 3.05) is 7.11 Å². The van der Waals surface area contributed by atoms with Crippen molar-refractivity contribution in [2.24, 2.45) is 0 Å². The van der Waals surface area contributed by atoms with Crippen molar-refractivity contribution in [2.45, 2.75) is 96.7 Å². The zero-order valence-corrected chi connectivity index (χ0v) is 24.2. The van der Waals surface area contributed by atoms with E-state index in [9.17, 15) is 4.79 Å². The van der Waals surface area contributed by atoms with Crippen LogP contribution in [0.4, 0.5) is 0 Å². The van der Waals surface area contributed by atoms with E-state index in [1.807, 2.05) is 60.7 Å². The van der Waals surface area contributed by atoms with Gasteiger partial charge in [0.1, 0.15) is 35.7 Å². The second-order valence-corrected chi connectivity index (χ2v) is 10.6. The number of ether oxygens (including phenoxy) is 4. The van der Waals surface area contributed by atoms with Crippen LogP contribution in [-0.4, -0.2) is 13.1 Å². The fourth-order valence-corrected chi connectivity index (χ4v) is 5.15. The van der Waals surface area contributed by atoms with Crippen molar-refractivity contribution in [3.05, 3.63) is 83.4 Å². The highest BCUT2D eigenvalue weighted by Crippen LogP contribution is 2.41. The van der Waals surface area contributed by atoms with Gasteiger partial charge in [0, 0.05) is 24.1 Å². The maximum atomic E-state index is 12.9. The number of fused-ring (bicyclic) bond motifs is 1. The Balaban J connectivity index is 1.39. The molecule has 0 radical (unpaired) electrons. The van der Waals surface area contributed by atoms with Crippen LogP contribution in [0.1, 0.15) is 100 Å². The van der Waals surface area contributed by atoms with Crippen LogP contribution in [0.2, 0.25) is 0 Å². The van der Waals surface area contributed by atoms with E-state index in [1.54, 1.807) is 7.11 Å². The molecule has 0 saturated heterocycles. The number of carbonyl (C=O) groups is 1. The van der Waals surface area contributed by atoms with Crippen LogP contribution in [0.5, 0.6) is 23.0 Å². The quantitative estimate of drug-likeness (QED) is 0.102. The van der Waals surface area contributed by atoms with E-state index in [0.717, 1.165) is 53.9 Å². The molecule has 3 aromatic rings. The van der Waals surface area contributed by atoms with Crippen LogP contribution < -0.4 is 18.9 Å². The molecule has 0 aromatic heterocycles. The average molecular weight is 545 g/mol. The molecule has 1 aliphatic heterocycles. The summed E-state index contributed by atoms with van der Waals surface area (Å²) in [6.45, 7) is 2.69. The molecule has 0 bridgehead atoms. The lowest BCUT2D eigenvalue weighted by Gasteiger charge is -2.28. The molecule has 0 spiro atoms. The SMILES string of the molecule is CCCCCCCCCCCC(=O)Oc1cc(OCc2ccccc2)ccc1C1CCc2ccc(OC)cc2O1. The Hall–Kier alpha value is -3.47. The normalized spacial score (nSPS) is 14.2. The Kier molecular flexibility index (Phi) is 11.8. The van der Waals surface area contributed by atoms with Crippen molar-refractivity contribution in [1.29, 1.82) is 0 Å². The minimum Gasteiger partial charge on any atom is -0.497 e. The van der Waals surface area contributed by atoms with Gasteiger partial charge in [-0.25, -0.2) is 0 Å². The van der Waals surface area contributed by atoms with Crippen molar-refractivity contribution in [3.63, 3.8) is 0 Å². The molecule has 1 atom stereocenters. The first-order chi connectivity index (χ1) is 19.7. The lowest BCUT2D eigenvalue weighted by molar-refractivity contribution is -0.134. The van der Waals surface area contributed by atoms with E-state index in [0.29, 0.717) is 24.5 Å². The highest BCUT2D eigenvalue weighted by atomic mass is 16.5. The smallest absolute Gasteiger partial charge is 0.311 e. The minimum absolute atomic E-state index is 0.206. The molecule has 0 fully saturated rings. The van der Waals surface area contributed by atoms with Crippen molar-refractivity contribution in [3.8, 4) is 23.0 Å². The Labute approximate surface area is 239 Å². The van der Waals surface area contributed by atoms with Gasteiger partial charge in [-0.05, 0) is 48.6 Å². The molecular formula is C35H44O5. The molecule has 5 nitrogen and oxygen atoms in total. The molecule has 1 unspecified atom stereocenters. The van der Waals surface area contributed by atoms with Crippen LogP contribution in [0.3, 0.4) is 0 Å². The van der Waals surface area contributed by atoms with Gasteiger partial charge in [0.15, 0.2) is 0 Å². The van der Waals surface area contributed by atoms with Gasteiger partial charge in [-0.3, -0.25) is 4.79 Å². The van der Waals surface area contributed by atoms with Gasteiger partial charge in [0.2, 0.25) is 0 Å². The summed E-state index contributed by atoms with van der Waals surface area (Å²) in [5.74, 6) is 2.55. The standard InChI is InChI=1S/C35H44O5/c1-3-4-5-6-7-8-9-10-14-17-35(36)40-34-25-30(38-26-27-15-12-11-13-16-27)21-22-31(34)32-23-19-28-18-20-29(37-2)24-33(28)39-32/h11-13,15-16,18,20-22,24-25,32H,3-10,14,17,19,23,26H2,1-2H3. The van der Waals surface area contributed by atoms with Crippen LogP contribution in [-0.2, 0) is 17.8 Å². The van der Waals surface area contributed by atoms with Gasteiger partial charge in [-0.1, -0.05) is 94.7 Å². The topological polar surface area (TPSA) is 54.0 Å². The van der Waals surface area contributed by atoms with E-state index in [-0.39, 0.29) is 12.1 Å². The van der Waals surface area contributed by atoms with Gasteiger partial charge in [-0.15, -0.1) is 0 Å². The minimum atomic E-state index is -0.224. The fraction of sp³-hybridized carbons (Fsp3) is 0.457. The average Bonchev–Trinajstić information content (AvgIpc) is 2.99. The monoisotopic (exact) mass is 544 g/mol. The summed E-state index contributed by atoms with van der Waals surface area (Å²) >= 11 is 0. The molecule has 4 rings (SSSR count). The van der Waals surface area contributed by atoms with E-state index < -0.39 is 0 Å². The van der Waals surface area contributed by atoms with Crippen LogP contribution in [0.15, 0.2) is 66.7 Å². The van der Waals surface area contributed by atoms with Gasteiger partial charge in [-0.2, -0.15) is 0 Å². The van der Waals surface area contributed by atoms with Crippen LogP contribution >= 0.6 is 0 Å². The lowest BCUT2D eigenvalue weighted by atomic mass is 9.96. The second kappa shape index (κ2) is 16.0. The van der Waals surface area contributed by atoms with Crippen molar-refractivity contribution in [1.82, 2.24) is 0 Å². The summed E-state index contributed by atoms with van der Waals surface area (Å²) in [5, 5.41) is 0. The molecule has 214 valence electrons. The molecular weight excluding hydrogens is 500 g/mol. The third-order valence-electron chi connectivity index (χ3n) is 7.51. The zero-order chi connectivity index (χ0) is 28.0. The van der Waals surface area contributed by atoms with Gasteiger partial charge >= 0.3 is 5.97 Å². The number of esters is 1. The van der Waals surface area contributed by atoms with Crippen molar-refractivity contribution < 1.29 is 23.7 Å². The molecule has 0 amide bonds. The number of methoxy groups -OCH3 is 1. The van der Waals surface area contributed by atoms with Crippen LogP contribution in [0, 0.1) is 0 Å². The molecule has 1 heterocycles. The highest BCUT2D eigenvalue weighted by Gasteiger charge is 2.26. The number of benzene rings is 3. The van der Waals surface area contributed by atoms with E-state index in [1.165, 1.54) is 44.9 Å². The fourth-order valence-electron chi connectivity index (χ4n) is 5.15. The Morgan fingerprint density at radius 1 is 0.850 bits per heavy atom. The zero-order valence-electron chi connectivity index (χ0n) is 24.2. The van der Waals surface area contributed by atoms with Crippen molar-refractivity contribution >= 4 is 5.97 Å². The first-order valence-corrected chi connectivity index (χ1v) is 15.0. The summed E-state index contributed by atoms with van der Waals surface area (Å²) in [6, 6.07) is 21.7. The summed E-state index contributed by atoms with van der Waals surface area (Å²) in [7, 11) is 1.65. The first-order valence-electron chi connectivity index (χ1n) is 15.0. The Bertz CT molecular complexity index is 1190. The van der Waals surface area contributed by atoms with E-state index >= 15 is 0 Å². The summed E-state index contributed by atoms with van der Waals surface area (Å²) in [4.78, 5) is 12.9. The maximum Gasteiger partial charge on any atom is 0.311 e. The Morgan fingerprint density at radius 2 is 1.57 bits per heavy atom. The lowest BCUT2D eigenvalue weighted by Crippen LogP contribution is -2.17. The Morgan fingerprint density at radius 3 is 2.33 bits per heavy atom.